The Labute approximate surface area is 258 Å². The van der Waals surface area contributed by atoms with Crippen LogP contribution in [0.25, 0.3) is 0 Å². The van der Waals surface area contributed by atoms with Gasteiger partial charge in [0.1, 0.15) is 25.1 Å². The van der Waals surface area contributed by atoms with Crippen LogP contribution >= 0.6 is 0 Å². The van der Waals surface area contributed by atoms with Crippen LogP contribution < -0.4 is 10.0 Å². The molecule has 2 N–H and O–H groups in total. The van der Waals surface area contributed by atoms with E-state index in [0.29, 0.717) is 5.56 Å². The highest BCUT2D eigenvalue weighted by Gasteiger charge is 2.28. The van der Waals surface area contributed by atoms with Gasteiger partial charge in [-0.3, -0.25) is 24.1 Å². The second-order valence-corrected chi connectivity index (χ2v) is 12.6. The van der Waals surface area contributed by atoms with Gasteiger partial charge in [0.25, 0.3) is 21.8 Å². The van der Waals surface area contributed by atoms with Crippen LogP contribution in [-0.2, 0) is 49.9 Å². The van der Waals surface area contributed by atoms with Crippen LogP contribution in [0.2, 0.25) is 0 Å². The quantitative estimate of drug-likeness (QED) is 0.184. The van der Waals surface area contributed by atoms with Crippen LogP contribution in [-0.4, -0.2) is 74.7 Å². The molecule has 13 nitrogen and oxygen atoms in total. The van der Waals surface area contributed by atoms with E-state index >= 15 is 0 Å². The van der Waals surface area contributed by atoms with E-state index in [4.69, 9.17) is 9.47 Å². The third-order valence-corrected chi connectivity index (χ3v) is 7.61. The van der Waals surface area contributed by atoms with Gasteiger partial charge in [-0.25, -0.2) is 27.1 Å². The topological polar surface area (TPSA) is 182 Å². The van der Waals surface area contributed by atoms with Gasteiger partial charge >= 0.3 is 11.9 Å². The van der Waals surface area contributed by atoms with E-state index in [1.54, 1.807) is 0 Å². The number of amides is 4. The summed E-state index contributed by atoms with van der Waals surface area (Å²) in [6.07, 6.45) is 1.78. The fourth-order valence-electron chi connectivity index (χ4n) is 3.77. The molecule has 0 bridgehead atoms. The Hall–Kier alpha value is -4.92. The summed E-state index contributed by atoms with van der Waals surface area (Å²) < 4.78 is 50.8. The fourth-order valence-corrected chi connectivity index (χ4v) is 4.97. The molecule has 45 heavy (non-hydrogen) atoms. The van der Waals surface area contributed by atoms with Crippen molar-refractivity contribution in [2.24, 2.45) is 5.41 Å². The monoisotopic (exact) mass is 645 g/mol. The zero-order valence-corrected chi connectivity index (χ0v) is 25.5. The first-order chi connectivity index (χ1) is 21.1. The number of ether oxygens (including phenoxy) is 2. The van der Waals surface area contributed by atoms with Crippen LogP contribution in [0.3, 0.4) is 0 Å². The molecular weight excluding hydrogens is 613 g/mol. The van der Waals surface area contributed by atoms with Crippen LogP contribution in [0, 0.1) is 11.2 Å². The second-order valence-electron chi connectivity index (χ2n) is 10.9. The third kappa shape index (κ3) is 10.1. The maximum absolute atomic E-state index is 13.4. The number of nitrogens with zero attached hydrogens (tertiary/aromatic N) is 1. The molecule has 0 saturated heterocycles. The fraction of sp³-hybridized carbons (Fsp3) is 0.333. The Bertz CT molecular complexity index is 1600. The lowest BCUT2D eigenvalue weighted by Gasteiger charge is -2.19. The zero-order chi connectivity index (χ0) is 33.4. The molecule has 0 radical (unpaired) electrons. The first-order valence-electron chi connectivity index (χ1n) is 13.7. The van der Waals surface area contributed by atoms with Crippen LogP contribution in [0.1, 0.15) is 43.1 Å². The molecule has 0 aliphatic carbocycles. The first kappa shape index (κ1) is 34.6. The van der Waals surface area contributed by atoms with E-state index in [9.17, 15) is 41.6 Å². The first-order valence-corrected chi connectivity index (χ1v) is 15.1. The van der Waals surface area contributed by atoms with Gasteiger partial charge in [0, 0.05) is 37.0 Å². The number of carbonyl (C=O) groups is 6. The van der Waals surface area contributed by atoms with E-state index in [-0.39, 0.29) is 29.8 Å². The molecule has 0 aromatic heterocycles. The molecule has 0 spiro atoms. The number of hydrogen-bond acceptors (Lipinski definition) is 10. The van der Waals surface area contributed by atoms with Crippen molar-refractivity contribution in [3.05, 3.63) is 77.6 Å². The van der Waals surface area contributed by atoms with Gasteiger partial charge in [-0.2, -0.15) is 0 Å². The summed E-state index contributed by atoms with van der Waals surface area (Å²) in [5.41, 5.74) is -0.625. The summed E-state index contributed by atoms with van der Waals surface area (Å²) in [7, 11) is -4.27. The highest BCUT2D eigenvalue weighted by molar-refractivity contribution is 7.90. The molecule has 3 rings (SSSR count). The molecular formula is C30H32FN3O10S. The number of imide groups is 1. The molecule has 1 atom stereocenters. The van der Waals surface area contributed by atoms with Crippen molar-refractivity contribution in [3.63, 3.8) is 0 Å². The predicted molar refractivity (Wildman–Crippen MR) is 155 cm³/mol. The lowest BCUT2D eigenvalue weighted by Crippen LogP contribution is -2.45. The SMILES string of the molecule is CC(C)(C)C(=O)NS(=O)(=O)c1cccc(C(=O)OCCOC(=O)[C@H](Cc2ccc(F)cc2)NC(=O)CCN2C(=O)C=CC2=O)c1. The summed E-state index contributed by atoms with van der Waals surface area (Å²) in [5, 5.41) is 2.48. The number of benzene rings is 2. The number of esters is 2. The van der Waals surface area contributed by atoms with E-state index < -0.39 is 76.1 Å². The van der Waals surface area contributed by atoms with Crippen molar-refractivity contribution in [2.45, 2.75) is 44.6 Å². The smallest absolute Gasteiger partial charge is 0.338 e. The Morgan fingerprint density at radius 2 is 1.56 bits per heavy atom. The van der Waals surface area contributed by atoms with Gasteiger partial charge in [-0.05, 0) is 35.9 Å². The largest absolute Gasteiger partial charge is 0.461 e. The van der Waals surface area contributed by atoms with E-state index in [1.807, 2.05) is 4.72 Å². The molecule has 0 fully saturated rings. The summed E-state index contributed by atoms with van der Waals surface area (Å²) in [5.74, 6) is -4.86. The average molecular weight is 646 g/mol. The Morgan fingerprint density at radius 1 is 0.933 bits per heavy atom. The van der Waals surface area contributed by atoms with E-state index in [2.05, 4.69) is 5.32 Å². The summed E-state index contributed by atoms with van der Waals surface area (Å²) in [6, 6.07) is 8.76. The Balaban J connectivity index is 1.57. The van der Waals surface area contributed by atoms with Crippen molar-refractivity contribution in [1.29, 1.82) is 0 Å². The third-order valence-electron chi connectivity index (χ3n) is 6.28. The molecule has 1 heterocycles. The van der Waals surface area contributed by atoms with Gasteiger partial charge in [0.05, 0.1) is 10.5 Å². The summed E-state index contributed by atoms with van der Waals surface area (Å²) >= 11 is 0. The number of sulfonamides is 1. The minimum atomic E-state index is -4.27. The number of hydrogen-bond donors (Lipinski definition) is 2. The average Bonchev–Trinajstić information content (AvgIpc) is 3.30. The molecule has 2 aromatic rings. The minimum absolute atomic E-state index is 0.0825. The molecule has 2 aromatic carbocycles. The number of halogens is 1. The van der Waals surface area contributed by atoms with Gasteiger partial charge in [0.15, 0.2) is 0 Å². The molecule has 1 aliphatic heterocycles. The molecule has 240 valence electrons. The molecule has 1 aliphatic rings. The normalized spacial score (nSPS) is 13.7. The number of rotatable bonds is 13. The number of carbonyl (C=O) groups excluding carboxylic acids is 6. The Kier molecular flexibility index (Phi) is 11.3. The lowest BCUT2D eigenvalue weighted by atomic mass is 9.96. The number of nitrogens with one attached hydrogen (secondary N) is 2. The summed E-state index contributed by atoms with van der Waals surface area (Å²) in [4.78, 5) is 74.1. The predicted octanol–water partition coefficient (Wildman–Crippen LogP) is 1.42. The zero-order valence-electron chi connectivity index (χ0n) is 24.7. The molecule has 15 heteroatoms. The second kappa shape index (κ2) is 14.7. The van der Waals surface area contributed by atoms with E-state index in [0.717, 1.165) is 23.1 Å². The van der Waals surface area contributed by atoms with Crippen molar-refractivity contribution >= 4 is 45.6 Å². The van der Waals surface area contributed by atoms with Gasteiger partial charge < -0.3 is 14.8 Å². The molecule has 4 amide bonds. The van der Waals surface area contributed by atoms with Crippen molar-refractivity contribution in [2.75, 3.05) is 19.8 Å². The lowest BCUT2D eigenvalue weighted by molar-refractivity contribution is -0.149. The molecule has 0 saturated carbocycles. The van der Waals surface area contributed by atoms with Gasteiger partial charge in [0.2, 0.25) is 11.8 Å². The highest BCUT2D eigenvalue weighted by atomic mass is 32.2. The highest BCUT2D eigenvalue weighted by Crippen LogP contribution is 2.17. The maximum atomic E-state index is 13.4. The van der Waals surface area contributed by atoms with Crippen LogP contribution in [0.5, 0.6) is 0 Å². The minimum Gasteiger partial charge on any atom is -0.461 e. The van der Waals surface area contributed by atoms with Crippen LogP contribution in [0.4, 0.5) is 4.39 Å². The van der Waals surface area contributed by atoms with Crippen molar-refractivity contribution < 1.29 is 51.0 Å². The van der Waals surface area contributed by atoms with Crippen LogP contribution in [0.15, 0.2) is 65.6 Å². The Morgan fingerprint density at radius 3 is 2.18 bits per heavy atom. The van der Waals surface area contributed by atoms with E-state index in [1.165, 1.54) is 63.2 Å². The van der Waals surface area contributed by atoms with Crippen molar-refractivity contribution in [1.82, 2.24) is 14.9 Å². The van der Waals surface area contributed by atoms with Gasteiger partial charge in [-0.15, -0.1) is 0 Å². The maximum Gasteiger partial charge on any atom is 0.338 e. The van der Waals surface area contributed by atoms with Gasteiger partial charge in [-0.1, -0.05) is 39.0 Å². The molecule has 0 unspecified atom stereocenters. The summed E-state index contributed by atoms with van der Waals surface area (Å²) in [6.45, 7) is 3.55. The van der Waals surface area contributed by atoms with Crippen molar-refractivity contribution in [3.8, 4) is 0 Å². The standard InChI is InChI=1S/C30H32FN3O10S/c1-30(2,3)29(40)33-45(41,42)22-6-4-5-20(18-22)27(38)43-15-16-44-28(39)23(17-19-7-9-21(31)10-8-19)32-24(35)13-14-34-25(36)11-12-26(34)37/h4-12,18,23H,13-17H2,1-3H3,(H,32,35)(H,33,40)/t23-/m0/s1.